The van der Waals surface area contributed by atoms with Gasteiger partial charge in [0.2, 0.25) is 5.95 Å². The lowest BCUT2D eigenvalue weighted by Gasteiger charge is -2.33. The number of anilines is 3. The molecule has 12 heteroatoms. The largest absolute Gasteiger partial charge is 0.416 e. The van der Waals surface area contributed by atoms with Gasteiger partial charge in [-0.25, -0.2) is 14.4 Å². The van der Waals surface area contributed by atoms with Gasteiger partial charge in [-0.05, 0) is 49.2 Å². The van der Waals surface area contributed by atoms with Gasteiger partial charge >= 0.3 is 6.18 Å². The number of nitrogens with zero attached hydrogens (tertiary/aromatic N) is 6. The number of rotatable bonds is 12. The summed E-state index contributed by atoms with van der Waals surface area (Å²) < 4.78 is 56.1. The van der Waals surface area contributed by atoms with Gasteiger partial charge in [0, 0.05) is 68.3 Å². The van der Waals surface area contributed by atoms with Crippen molar-refractivity contribution in [2.24, 2.45) is 0 Å². The molecule has 2 N–H and O–H groups in total. The highest BCUT2D eigenvalue weighted by atomic mass is 19.4. The van der Waals surface area contributed by atoms with Crippen molar-refractivity contribution in [2.45, 2.75) is 39.5 Å². The average molecular weight is 649 g/mol. The smallest absolute Gasteiger partial charge is 0.356 e. The van der Waals surface area contributed by atoms with Gasteiger partial charge in [-0.2, -0.15) is 18.3 Å². The molecule has 1 aliphatic rings. The highest BCUT2D eigenvalue weighted by Gasteiger charge is 2.34. The van der Waals surface area contributed by atoms with Crippen molar-refractivity contribution in [3.8, 4) is 11.8 Å². The van der Waals surface area contributed by atoms with E-state index in [-0.39, 0.29) is 18.7 Å². The number of likely N-dealkylation sites (N-methyl/N-ethyl adjacent to an activating group) is 1. The first kappa shape index (κ1) is 35.1. The van der Waals surface area contributed by atoms with Crippen LogP contribution in [0.25, 0.3) is 0 Å². The number of nitrogens with one attached hydrogen (secondary N) is 2. The Balaban J connectivity index is 1.37. The molecule has 2 aromatic heterocycles. The zero-order valence-corrected chi connectivity index (χ0v) is 27.0. The van der Waals surface area contributed by atoms with Crippen molar-refractivity contribution >= 4 is 17.3 Å². The molecule has 1 saturated heterocycles. The monoisotopic (exact) mass is 648 g/mol. The first-order valence-electron chi connectivity index (χ1n) is 15.3. The maximum Gasteiger partial charge on any atom is 0.416 e. The number of aryl methyl sites for hydroxylation is 1. The van der Waals surface area contributed by atoms with E-state index in [9.17, 15) is 17.6 Å². The molecule has 1 fully saturated rings. The van der Waals surface area contributed by atoms with Crippen LogP contribution < -0.4 is 10.6 Å². The van der Waals surface area contributed by atoms with Crippen LogP contribution in [0, 0.1) is 11.8 Å². The lowest BCUT2D eigenvalue weighted by atomic mass is 10.0. The fraction of sp³-hybridized carbons (Fsp3) is 0.343. The third-order valence-corrected chi connectivity index (χ3v) is 7.69. The predicted molar refractivity (Wildman–Crippen MR) is 179 cm³/mol. The summed E-state index contributed by atoms with van der Waals surface area (Å²) in [5.41, 5.74) is 3.92. The SMILES string of the molecule is C=C(C#Cc1cnc(Nc2cnn(CCF)c2)nc1)/C(C)=C\C=C(/CC)C(=C)Nc1ccc(CN2CCN(C)CC2)c(C(F)(F)F)c1. The van der Waals surface area contributed by atoms with Crippen molar-refractivity contribution in [1.82, 2.24) is 29.5 Å². The van der Waals surface area contributed by atoms with Crippen LogP contribution >= 0.6 is 0 Å². The van der Waals surface area contributed by atoms with Gasteiger partial charge in [0.25, 0.3) is 0 Å². The van der Waals surface area contributed by atoms with E-state index >= 15 is 0 Å². The van der Waals surface area contributed by atoms with Crippen LogP contribution in [0.2, 0.25) is 0 Å². The second kappa shape index (κ2) is 16.2. The van der Waals surface area contributed by atoms with E-state index in [0.717, 1.165) is 43.4 Å². The van der Waals surface area contributed by atoms with Gasteiger partial charge in [0.05, 0.1) is 29.6 Å². The summed E-state index contributed by atoms with van der Waals surface area (Å²) in [6.45, 7) is 15.0. The van der Waals surface area contributed by atoms with Gasteiger partial charge in [0.1, 0.15) is 6.67 Å². The molecule has 3 aromatic rings. The van der Waals surface area contributed by atoms with Crippen LogP contribution in [0.15, 0.2) is 90.7 Å². The molecule has 3 heterocycles. The second-order valence-corrected chi connectivity index (χ2v) is 11.3. The Bertz CT molecular complexity index is 1670. The van der Waals surface area contributed by atoms with E-state index in [1.165, 1.54) is 4.68 Å². The maximum atomic E-state index is 14.0. The lowest BCUT2D eigenvalue weighted by molar-refractivity contribution is -0.138. The second-order valence-electron chi connectivity index (χ2n) is 11.3. The average Bonchev–Trinajstić information content (AvgIpc) is 3.48. The molecule has 0 spiro atoms. The molecular formula is C35H40F4N8. The number of alkyl halides is 4. The zero-order valence-electron chi connectivity index (χ0n) is 27.0. The summed E-state index contributed by atoms with van der Waals surface area (Å²) in [5, 5.41) is 10.1. The third kappa shape index (κ3) is 10.4. The van der Waals surface area contributed by atoms with Crippen molar-refractivity contribution in [2.75, 3.05) is 50.5 Å². The maximum absolute atomic E-state index is 14.0. The van der Waals surface area contributed by atoms with Crippen molar-refractivity contribution in [3.63, 3.8) is 0 Å². The van der Waals surface area contributed by atoms with Gasteiger partial charge in [-0.3, -0.25) is 9.58 Å². The number of piperazine rings is 1. The molecule has 248 valence electrons. The molecule has 0 unspecified atom stereocenters. The van der Waals surface area contributed by atoms with Gasteiger partial charge in [0.15, 0.2) is 0 Å². The standard InChI is InChI=1S/C35H40F4N8/c1-6-29(27(4)43-31-12-11-30(33(19-31)35(37,38)39)23-46-17-15-45(5)16-18-46)10-8-26(3)25(2)7-9-28-20-40-34(41-21-28)44-32-22-42-47(24-32)14-13-36/h8,10-12,19-22,24,43H,2,4,6,13-18,23H2,1,3,5H3,(H,40,41,44)/b26-8-,29-10+. The molecule has 4 rings (SSSR count). The van der Waals surface area contributed by atoms with Crippen LogP contribution in [0.3, 0.4) is 0 Å². The number of benzene rings is 1. The van der Waals surface area contributed by atoms with Crippen LogP contribution in [0.4, 0.5) is 34.9 Å². The Labute approximate surface area is 273 Å². The molecule has 1 aromatic carbocycles. The van der Waals surface area contributed by atoms with Crippen LogP contribution in [-0.2, 0) is 19.3 Å². The molecule has 0 saturated carbocycles. The number of hydrogen-bond donors (Lipinski definition) is 2. The molecule has 0 radical (unpaired) electrons. The summed E-state index contributed by atoms with van der Waals surface area (Å²) in [6.07, 6.45) is 6.24. The Morgan fingerprint density at radius 1 is 1.04 bits per heavy atom. The quantitative estimate of drug-likeness (QED) is 0.125. The number of aromatic nitrogens is 4. The van der Waals surface area contributed by atoms with E-state index in [1.807, 2.05) is 33.0 Å². The first-order valence-corrected chi connectivity index (χ1v) is 15.3. The minimum Gasteiger partial charge on any atom is -0.356 e. The number of hydrogen-bond acceptors (Lipinski definition) is 7. The predicted octanol–water partition coefficient (Wildman–Crippen LogP) is 6.97. The molecule has 0 bridgehead atoms. The Morgan fingerprint density at radius 3 is 2.43 bits per heavy atom. The summed E-state index contributed by atoms with van der Waals surface area (Å²) in [4.78, 5) is 12.7. The van der Waals surface area contributed by atoms with E-state index < -0.39 is 18.4 Å². The van der Waals surface area contributed by atoms with E-state index in [4.69, 9.17) is 0 Å². The van der Waals surface area contributed by atoms with Gasteiger partial charge < -0.3 is 15.5 Å². The van der Waals surface area contributed by atoms with Gasteiger partial charge in [-0.1, -0.05) is 50.1 Å². The molecule has 0 amide bonds. The molecule has 1 aliphatic heterocycles. The zero-order chi connectivity index (χ0) is 34.0. The van der Waals surface area contributed by atoms with E-state index in [2.05, 4.69) is 60.5 Å². The summed E-state index contributed by atoms with van der Waals surface area (Å²) >= 11 is 0. The highest BCUT2D eigenvalue weighted by molar-refractivity contribution is 5.57. The Hall–Kier alpha value is -4.73. The van der Waals surface area contributed by atoms with Crippen molar-refractivity contribution < 1.29 is 17.6 Å². The fourth-order valence-electron chi connectivity index (χ4n) is 4.78. The van der Waals surface area contributed by atoms with Crippen molar-refractivity contribution in [3.05, 3.63) is 107 Å². The first-order chi connectivity index (χ1) is 22.4. The summed E-state index contributed by atoms with van der Waals surface area (Å²) in [6, 6.07) is 4.39. The Morgan fingerprint density at radius 2 is 1.77 bits per heavy atom. The van der Waals surface area contributed by atoms with Crippen LogP contribution in [0.5, 0.6) is 0 Å². The topological polar surface area (TPSA) is 74.1 Å². The number of allylic oxidation sites excluding steroid dienone is 5. The minimum absolute atomic E-state index is 0.175. The number of halogens is 4. The normalized spacial score (nSPS) is 14.8. The van der Waals surface area contributed by atoms with Crippen LogP contribution in [-0.4, -0.2) is 69.4 Å². The van der Waals surface area contributed by atoms with E-state index in [0.29, 0.717) is 40.6 Å². The highest BCUT2D eigenvalue weighted by Crippen LogP contribution is 2.35. The summed E-state index contributed by atoms with van der Waals surface area (Å²) in [5.74, 6) is 6.36. The Kier molecular flexibility index (Phi) is 12.1. The summed E-state index contributed by atoms with van der Waals surface area (Å²) in [7, 11) is 2.02. The molecule has 47 heavy (non-hydrogen) atoms. The molecule has 0 aliphatic carbocycles. The molecule has 8 nitrogen and oxygen atoms in total. The fourth-order valence-corrected chi connectivity index (χ4v) is 4.78. The third-order valence-electron chi connectivity index (χ3n) is 7.69. The minimum atomic E-state index is -4.47. The van der Waals surface area contributed by atoms with Crippen LogP contribution in [0.1, 0.15) is 37.0 Å². The molecule has 0 atom stereocenters. The van der Waals surface area contributed by atoms with E-state index in [1.54, 1.807) is 36.9 Å². The van der Waals surface area contributed by atoms with Crippen molar-refractivity contribution in [1.29, 1.82) is 0 Å². The van der Waals surface area contributed by atoms with Gasteiger partial charge in [-0.15, -0.1) is 0 Å². The lowest BCUT2D eigenvalue weighted by Crippen LogP contribution is -2.44. The molecular weight excluding hydrogens is 608 g/mol.